The molecule has 19 heavy (non-hydrogen) atoms. The second kappa shape index (κ2) is 6.72. The van der Waals surface area contributed by atoms with Crippen molar-refractivity contribution in [2.75, 3.05) is 33.4 Å². The number of hydrogen-bond acceptors (Lipinski definition) is 4. The minimum absolute atomic E-state index is 0.0920. The van der Waals surface area contributed by atoms with Crippen LogP contribution in [0.1, 0.15) is 20.3 Å². The lowest BCUT2D eigenvalue weighted by Gasteiger charge is -2.35. The predicted octanol–water partition coefficient (Wildman–Crippen LogP) is 0.297. The molecule has 0 aliphatic carbocycles. The number of carbonyl (C=O) groups excluding carboxylic acids is 1. The fraction of sp³-hybridized carbons (Fsp3) is 0.833. The van der Waals surface area contributed by atoms with Crippen LogP contribution in [-0.2, 0) is 14.3 Å². The lowest BCUT2D eigenvalue weighted by atomic mass is 10.1. The Kier molecular flexibility index (Phi) is 5.56. The first kappa shape index (κ1) is 15.7. The van der Waals surface area contributed by atoms with Crippen LogP contribution in [0.25, 0.3) is 0 Å². The number of hydrogen-bond donors (Lipinski definition) is 2. The Morgan fingerprint density at radius 2 is 2.21 bits per heavy atom. The molecule has 0 aromatic carbocycles. The van der Waals surface area contributed by atoms with Crippen LogP contribution in [0.3, 0.4) is 0 Å². The lowest BCUT2D eigenvalue weighted by molar-refractivity contribution is -0.141. The molecular weight excluding hydrogens is 252 g/mol. The summed E-state index contributed by atoms with van der Waals surface area (Å²) < 4.78 is 10.4. The van der Waals surface area contributed by atoms with Gasteiger partial charge in [-0.1, -0.05) is 0 Å². The molecule has 2 N–H and O–H groups in total. The highest BCUT2D eigenvalue weighted by Gasteiger charge is 2.29. The summed E-state index contributed by atoms with van der Waals surface area (Å²) in [6.45, 7) is 5.25. The van der Waals surface area contributed by atoms with Gasteiger partial charge in [0.05, 0.1) is 31.3 Å². The summed E-state index contributed by atoms with van der Waals surface area (Å²) in [7, 11) is 1.57. The lowest BCUT2D eigenvalue weighted by Crippen LogP contribution is -2.56. The second-order valence-corrected chi connectivity index (χ2v) is 5.28. The summed E-state index contributed by atoms with van der Waals surface area (Å²) in [6.07, 6.45) is -0.534. The number of carboxylic acids is 1. The van der Waals surface area contributed by atoms with E-state index in [-0.39, 0.29) is 12.5 Å². The second-order valence-electron chi connectivity index (χ2n) is 5.28. The number of urea groups is 1. The predicted molar refractivity (Wildman–Crippen MR) is 68.1 cm³/mol. The molecule has 0 bridgehead atoms. The third-order valence-corrected chi connectivity index (χ3v) is 2.78. The Bertz CT molecular complexity index is 332. The molecule has 7 heteroatoms. The molecule has 1 unspecified atom stereocenters. The van der Waals surface area contributed by atoms with E-state index in [0.29, 0.717) is 26.3 Å². The highest BCUT2D eigenvalue weighted by atomic mass is 16.5. The highest BCUT2D eigenvalue weighted by molar-refractivity contribution is 5.75. The van der Waals surface area contributed by atoms with Gasteiger partial charge in [-0.15, -0.1) is 0 Å². The molecule has 0 saturated carbocycles. The van der Waals surface area contributed by atoms with Gasteiger partial charge in [-0.2, -0.15) is 0 Å². The van der Waals surface area contributed by atoms with Crippen molar-refractivity contribution in [1.82, 2.24) is 10.2 Å². The molecule has 1 aliphatic rings. The van der Waals surface area contributed by atoms with Crippen LogP contribution in [-0.4, -0.2) is 67.1 Å². The van der Waals surface area contributed by atoms with Crippen molar-refractivity contribution in [3.05, 3.63) is 0 Å². The molecule has 7 nitrogen and oxygen atoms in total. The Hall–Kier alpha value is -1.34. The van der Waals surface area contributed by atoms with Crippen molar-refractivity contribution < 1.29 is 24.2 Å². The van der Waals surface area contributed by atoms with E-state index in [4.69, 9.17) is 14.6 Å². The number of nitrogens with one attached hydrogen (secondary N) is 1. The van der Waals surface area contributed by atoms with Gasteiger partial charge in [-0.25, -0.2) is 4.79 Å². The minimum atomic E-state index is -0.924. The van der Waals surface area contributed by atoms with Crippen LogP contribution in [0, 0.1) is 0 Å². The maximum absolute atomic E-state index is 12.1. The maximum Gasteiger partial charge on any atom is 0.318 e. The van der Waals surface area contributed by atoms with Crippen molar-refractivity contribution in [3.63, 3.8) is 0 Å². The van der Waals surface area contributed by atoms with Gasteiger partial charge in [-0.05, 0) is 13.8 Å². The Balaban J connectivity index is 2.50. The number of nitrogens with zero attached hydrogens (tertiary/aromatic N) is 1. The number of methoxy groups -OCH3 is 1. The fourth-order valence-electron chi connectivity index (χ4n) is 1.99. The Morgan fingerprint density at radius 1 is 1.53 bits per heavy atom. The van der Waals surface area contributed by atoms with Gasteiger partial charge in [-0.3, -0.25) is 4.79 Å². The van der Waals surface area contributed by atoms with Crippen molar-refractivity contribution in [2.45, 2.75) is 31.9 Å². The van der Waals surface area contributed by atoms with Gasteiger partial charge >= 0.3 is 12.0 Å². The first-order valence-electron chi connectivity index (χ1n) is 6.23. The van der Waals surface area contributed by atoms with Crippen molar-refractivity contribution in [1.29, 1.82) is 0 Å². The molecule has 0 aromatic heterocycles. The molecule has 2 amide bonds. The van der Waals surface area contributed by atoms with Gasteiger partial charge in [0.25, 0.3) is 0 Å². The topological polar surface area (TPSA) is 88.1 Å². The monoisotopic (exact) mass is 274 g/mol. The van der Waals surface area contributed by atoms with Crippen LogP contribution in [0.15, 0.2) is 0 Å². The number of rotatable bonds is 5. The molecule has 0 radical (unpaired) electrons. The summed E-state index contributed by atoms with van der Waals surface area (Å²) in [6, 6.07) is -0.222. The van der Waals surface area contributed by atoms with Gasteiger partial charge in [0.2, 0.25) is 0 Å². The number of amides is 2. The average molecular weight is 274 g/mol. The van der Waals surface area contributed by atoms with Crippen molar-refractivity contribution >= 4 is 12.0 Å². The molecule has 1 rings (SSSR count). The number of aliphatic carboxylic acids is 1. The molecule has 0 aromatic rings. The summed E-state index contributed by atoms with van der Waals surface area (Å²) in [5.74, 6) is -0.924. The van der Waals surface area contributed by atoms with E-state index in [1.807, 2.05) is 13.8 Å². The van der Waals surface area contributed by atoms with Crippen LogP contribution in [0.4, 0.5) is 4.79 Å². The molecule has 1 fully saturated rings. The largest absolute Gasteiger partial charge is 0.481 e. The van der Waals surface area contributed by atoms with Crippen LogP contribution < -0.4 is 5.32 Å². The smallest absolute Gasteiger partial charge is 0.318 e. The standard InChI is InChI=1S/C12H22N2O5/c1-12(2,8-18-3)13-11(17)14-4-5-19-9(7-14)6-10(15)16/h9H,4-8H2,1-3H3,(H,13,17)(H,15,16). The number of morpholine rings is 1. The van der Waals surface area contributed by atoms with Crippen molar-refractivity contribution in [3.8, 4) is 0 Å². The fourth-order valence-corrected chi connectivity index (χ4v) is 1.99. The first-order valence-corrected chi connectivity index (χ1v) is 6.23. The van der Waals surface area contributed by atoms with Crippen LogP contribution in [0.5, 0.6) is 0 Å². The maximum atomic E-state index is 12.1. The molecule has 1 aliphatic heterocycles. The summed E-state index contributed by atoms with van der Waals surface area (Å²) in [5.41, 5.74) is -0.466. The number of ether oxygens (including phenoxy) is 2. The molecular formula is C12H22N2O5. The molecule has 110 valence electrons. The Labute approximate surface area is 112 Å². The van der Waals surface area contributed by atoms with E-state index in [9.17, 15) is 9.59 Å². The molecule has 1 saturated heterocycles. The van der Waals surface area contributed by atoms with Gasteiger partial charge in [0, 0.05) is 20.2 Å². The van der Waals surface area contributed by atoms with Gasteiger partial charge in [0.1, 0.15) is 0 Å². The number of carbonyl (C=O) groups is 2. The zero-order valence-electron chi connectivity index (χ0n) is 11.6. The summed E-state index contributed by atoms with van der Waals surface area (Å²) in [4.78, 5) is 24.3. The molecule has 1 atom stereocenters. The highest BCUT2D eigenvalue weighted by Crippen LogP contribution is 2.11. The minimum Gasteiger partial charge on any atom is -0.481 e. The van der Waals surface area contributed by atoms with E-state index in [2.05, 4.69) is 5.32 Å². The summed E-state index contributed by atoms with van der Waals surface area (Å²) >= 11 is 0. The van der Waals surface area contributed by atoms with E-state index in [1.54, 1.807) is 12.0 Å². The van der Waals surface area contributed by atoms with Crippen LogP contribution in [0.2, 0.25) is 0 Å². The van der Waals surface area contributed by atoms with E-state index >= 15 is 0 Å². The van der Waals surface area contributed by atoms with Crippen molar-refractivity contribution in [2.24, 2.45) is 0 Å². The normalized spacial score (nSPS) is 20.2. The van der Waals surface area contributed by atoms with Gasteiger partial charge in [0.15, 0.2) is 0 Å². The number of carboxylic acid groups (broad SMARTS) is 1. The van der Waals surface area contributed by atoms with E-state index in [0.717, 1.165) is 0 Å². The third-order valence-electron chi connectivity index (χ3n) is 2.78. The zero-order chi connectivity index (χ0) is 14.5. The van der Waals surface area contributed by atoms with Gasteiger partial charge < -0.3 is 24.8 Å². The molecule has 0 spiro atoms. The SMILES string of the molecule is COCC(C)(C)NC(=O)N1CCOC(CC(=O)O)C1. The van der Waals surface area contributed by atoms with E-state index < -0.39 is 17.6 Å². The van der Waals surface area contributed by atoms with Crippen LogP contribution >= 0.6 is 0 Å². The zero-order valence-corrected chi connectivity index (χ0v) is 11.6. The Morgan fingerprint density at radius 3 is 2.79 bits per heavy atom. The quantitative estimate of drug-likeness (QED) is 0.752. The first-order chi connectivity index (χ1) is 8.84. The third kappa shape index (κ3) is 5.44. The van der Waals surface area contributed by atoms with E-state index in [1.165, 1.54) is 0 Å². The average Bonchev–Trinajstić information content (AvgIpc) is 2.27. The molecule has 1 heterocycles. The summed E-state index contributed by atoms with van der Waals surface area (Å²) in [5, 5.41) is 11.6.